The highest BCUT2D eigenvalue weighted by Gasteiger charge is 1.99. The molecule has 5 heteroatoms. The van der Waals surface area contributed by atoms with Crippen molar-refractivity contribution in [1.82, 2.24) is 14.8 Å². The SMILES string of the molecule is Cn1cc(COc2cccc(Br)n2)cn1. The average molecular weight is 268 g/mol. The van der Waals surface area contributed by atoms with Crippen LogP contribution in [0.4, 0.5) is 0 Å². The van der Waals surface area contributed by atoms with Gasteiger partial charge in [0.05, 0.1) is 6.20 Å². The Hall–Kier alpha value is -1.36. The molecule has 2 aromatic rings. The summed E-state index contributed by atoms with van der Waals surface area (Å²) >= 11 is 3.28. The molecule has 0 radical (unpaired) electrons. The number of pyridine rings is 1. The van der Waals surface area contributed by atoms with Gasteiger partial charge in [-0.25, -0.2) is 4.98 Å². The highest BCUT2D eigenvalue weighted by Crippen LogP contribution is 2.13. The van der Waals surface area contributed by atoms with Gasteiger partial charge in [-0.05, 0) is 22.0 Å². The lowest BCUT2D eigenvalue weighted by Gasteiger charge is -2.02. The molecule has 0 aliphatic heterocycles. The van der Waals surface area contributed by atoms with Gasteiger partial charge in [0.25, 0.3) is 0 Å². The molecule has 0 saturated carbocycles. The second-order valence-corrected chi connectivity index (χ2v) is 3.92. The van der Waals surface area contributed by atoms with Crippen LogP contribution in [0.5, 0.6) is 5.88 Å². The van der Waals surface area contributed by atoms with E-state index in [0.29, 0.717) is 12.5 Å². The Labute approximate surface area is 96.0 Å². The van der Waals surface area contributed by atoms with Crippen molar-refractivity contribution in [2.24, 2.45) is 7.05 Å². The van der Waals surface area contributed by atoms with Crippen molar-refractivity contribution in [2.45, 2.75) is 6.61 Å². The second kappa shape index (κ2) is 4.44. The number of aromatic nitrogens is 3. The van der Waals surface area contributed by atoms with Crippen LogP contribution in [0.25, 0.3) is 0 Å². The summed E-state index contributed by atoms with van der Waals surface area (Å²) < 4.78 is 8.00. The van der Waals surface area contributed by atoms with Crippen LogP contribution >= 0.6 is 15.9 Å². The monoisotopic (exact) mass is 267 g/mol. The number of rotatable bonds is 3. The minimum absolute atomic E-state index is 0.483. The lowest BCUT2D eigenvalue weighted by Crippen LogP contribution is -1.96. The van der Waals surface area contributed by atoms with Gasteiger partial charge in [-0.1, -0.05) is 6.07 Å². The van der Waals surface area contributed by atoms with Crippen LogP contribution in [0.1, 0.15) is 5.56 Å². The molecule has 0 unspecified atom stereocenters. The maximum absolute atomic E-state index is 5.49. The summed E-state index contributed by atoms with van der Waals surface area (Å²) in [5, 5.41) is 4.05. The van der Waals surface area contributed by atoms with Crippen molar-refractivity contribution in [1.29, 1.82) is 0 Å². The van der Waals surface area contributed by atoms with Crippen LogP contribution in [0, 0.1) is 0 Å². The highest BCUT2D eigenvalue weighted by atomic mass is 79.9. The first-order chi connectivity index (χ1) is 7.24. The molecule has 0 atom stereocenters. The standard InChI is InChI=1S/C10H10BrN3O/c1-14-6-8(5-12-14)7-15-10-4-2-3-9(11)13-10/h2-6H,7H2,1H3. The van der Waals surface area contributed by atoms with Crippen molar-refractivity contribution in [2.75, 3.05) is 0 Å². The maximum atomic E-state index is 5.49. The molecule has 0 fully saturated rings. The molecule has 0 amide bonds. The molecule has 78 valence electrons. The van der Waals surface area contributed by atoms with E-state index in [4.69, 9.17) is 4.74 Å². The fourth-order valence-corrected chi connectivity index (χ4v) is 1.50. The smallest absolute Gasteiger partial charge is 0.214 e. The number of hydrogen-bond acceptors (Lipinski definition) is 3. The number of halogens is 1. The van der Waals surface area contributed by atoms with E-state index < -0.39 is 0 Å². The Kier molecular flexibility index (Phi) is 3.01. The third-order valence-electron chi connectivity index (χ3n) is 1.83. The van der Waals surface area contributed by atoms with Gasteiger partial charge in [0.2, 0.25) is 5.88 Å². The van der Waals surface area contributed by atoms with Crippen LogP contribution in [0.15, 0.2) is 35.2 Å². The third-order valence-corrected chi connectivity index (χ3v) is 2.28. The molecular weight excluding hydrogens is 258 g/mol. The molecule has 0 N–H and O–H groups in total. The topological polar surface area (TPSA) is 39.9 Å². The van der Waals surface area contributed by atoms with E-state index in [1.807, 2.05) is 31.4 Å². The van der Waals surface area contributed by atoms with E-state index >= 15 is 0 Å². The van der Waals surface area contributed by atoms with Gasteiger partial charge in [-0.3, -0.25) is 4.68 Å². The molecule has 15 heavy (non-hydrogen) atoms. The quantitative estimate of drug-likeness (QED) is 0.801. The van der Waals surface area contributed by atoms with E-state index in [9.17, 15) is 0 Å². The zero-order chi connectivity index (χ0) is 10.7. The number of hydrogen-bond donors (Lipinski definition) is 0. The Morgan fingerprint density at radius 1 is 1.47 bits per heavy atom. The Bertz CT molecular complexity index is 455. The molecule has 2 heterocycles. The zero-order valence-corrected chi connectivity index (χ0v) is 9.81. The van der Waals surface area contributed by atoms with E-state index in [1.54, 1.807) is 10.9 Å². The number of ether oxygens (including phenoxy) is 1. The van der Waals surface area contributed by atoms with Crippen LogP contribution < -0.4 is 4.74 Å². The van der Waals surface area contributed by atoms with E-state index in [2.05, 4.69) is 26.0 Å². The molecule has 0 bridgehead atoms. The first kappa shape index (κ1) is 10.2. The van der Waals surface area contributed by atoms with E-state index in [-0.39, 0.29) is 0 Å². The van der Waals surface area contributed by atoms with Gasteiger partial charge in [0.15, 0.2) is 0 Å². The summed E-state index contributed by atoms with van der Waals surface area (Å²) in [6, 6.07) is 5.56. The largest absolute Gasteiger partial charge is 0.473 e. The minimum atomic E-state index is 0.483. The van der Waals surface area contributed by atoms with Gasteiger partial charge in [-0.2, -0.15) is 5.10 Å². The van der Waals surface area contributed by atoms with Gasteiger partial charge in [-0.15, -0.1) is 0 Å². The normalized spacial score (nSPS) is 10.3. The fourth-order valence-electron chi connectivity index (χ4n) is 1.17. The maximum Gasteiger partial charge on any atom is 0.214 e. The molecule has 2 aromatic heterocycles. The molecule has 2 rings (SSSR count). The Morgan fingerprint density at radius 2 is 2.33 bits per heavy atom. The molecule has 0 aromatic carbocycles. The summed E-state index contributed by atoms with van der Waals surface area (Å²) in [6.07, 6.45) is 3.69. The summed E-state index contributed by atoms with van der Waals surface area (Å²) in [7, 11) is 1.88. The van der Waals surface area contributed by atoms with Crippen LogP contribution in [-0.4, -0.2) is 14.8 Å². The summed E-state index contributed by atoms with van der Waals surface area (Å²) in [4.78, 5) is 4.16. The average Bonchev–Trinajstić information content (AvgIpc) is 2.62. The lowest BCUT2D eigenvalue weighted by molar-refractivity contribution is 0.293. The van der Waals surface area contributed by atoms with Crippen LogP contribution in [0.3, 0.4) is 0 Å². The minimum Gasteiger partial charge on any atom is -0.473 e. The fraction of sp³-hybridized carbons (Fsp3) is 0.200. The summed E-state index contributed by atoms with van der Waals surface area (Å²) in [5.74, 6) is 0.605. The first-order valence-electron chi connectivity index (χ1n) is 4.47. The predicted molar refractivity (Wildman–Crippen MR) is 59.5 cm³/mol. The molecule has 0 spiro atoms. The molecule has 0 aliphatic rings. The third kappa shape index (κ3) is 2.79. The van der Waals surface area contributed by atoms with Crippen molar-refractivity contribution >= 4 is 15.9 Å². The van der Waals surface area contributed by atoms with E-state index in [0.717, 1.165) is 10.2 Å². The Balaban J connectivity index is 1.99. The van der Waals surface area contributed by atoms with Crippen molar-refractivity contribution in [3.8, 4) is 5.88 Å². The lowest BCUT2D eigenvalue weighted by atomic mass is 10.4. The zero-order valence-electron chi connectivity index (χ0n) is 8.22. The van der Waals surface area contributed by atoms with Gasteiger partial charge < -0.3 is 4.74 Å². The van der Waals surface area contributed by atoms with Gasteiger partial charge in [0.1, 0.15) is 11.2 Å². The molecule has 4 nitrogen and oxygen atoms in total. The number of aryl methyl sites for hydroxylation is 1. The van der Waals surface area contributed by atoms with Gasteiger partial charge in [0, 0.05) is 24.9 Å². The summed E-state index contributed by atoms with van der Waals surface area (Å²) in [5.41, 5.74) is 1.03. The van der Waals surface area contributed by atoms with Crippen molar-refractivity contribution in [3.63, 3.8) is 0 Å². The molecule has 0 aliphatic carbocycles. The van der Waals surface area contributed by atoms with E-state index in [1.165, 1.54) is 0 Å². The van der Waals surface area contributed by atoms with Crippen LogP contribution in [-0.2, 0) is 13.7 Å². The van der Waals surface area contributed by atoms with Crippen LogP contribution in [0.2, 0.25) is 0 Å². The number of nitrogens with zero attached hydrogens (tertiary/aromatic N) is 3. The second-order valence-electron chi connectivity index (χ2n) is 3.11. The molecule has 0 saturated heterocycles. The Morgan fingerprint density at radius 3 is 3.00 bits per heavy atom. The van der Waals surface area contributed by atoms with Crippen molar-refractivity contribution < 1.29 is 4.74 Å². The van der Waals surface area contributed by atoms with Gasteiger partial charge >= 0.3 is 0 Å². The molecular formula is C10H10BrN3O. The predicted octanol–water partition coefficient (Wildman–Crippen LogP) is 2.16. The highest BCUT2D eigenvalue weighted by molar-refractivity contribution is 9.10. The van der Waals surface area contributed by atoms with Crippen molar-refractivity contribution in [3.05, 3.63) is 40.8 Å². The first-order valence-corrected chi connectivity index (χ1v) is 5.26. The summed E-state index contributed by atoms with van der Waals surface area (Å²) in [6.45, 7) is 0.483.